The van der Waals surface area contributed by atoms with Gasteiger partial charge in [-0.3, -0.25) is 10.4 Å². The average Bonchev–Trinajstić information content (AvgIpc) is 2.39. The summed E-state index contributed by atoms with van der Waals surface area (Å²) >= 11 is 4.68. The first-order valence-electron chi connectivity index (χ1n) is 5.55. The van der Waals surface area contributed by atoms with Gasteiger partial charge in [-0.25, -0.2) is 0 Å². The van der Waals surface area contributed by atoms with Gasteiger partial charge >= 0.3 is 0 Å². The number of aromatic nitrogens is 1. The van der Waals surface area contributed by atoms with Gasteiger partial charge in [-0.2, -0.15) is 5.10 Å². The number of nitrogen functional groups attached to an aromatic ring is 1. The van der Waals surface area contributed by atoms with Gasteiger partial charge in [-0.05, 0) is 41.5 Å². The number of hydrogen-bond acceptors (Lipinski definition) is 4. The number of nitrogens with two attached hydrogens (primary N) is 2. The molecule has 0 unspecified atom stereocenters. The van der Waals surface area contributed by atoms with Crippen molar-refractivity contribution >= 4 is 29.2 Å². The standard InChI is InChI=1S/C13H13N5S/c14-11-3-1-2-9(6-11)12-4-5-16-7-10(12)8-17-18-13(15)19/h1-8H,14H2,(H3,15,18,19). The summed E-state index contributed by atoms with van der Waals surface area (Å²) in [6.45, 7) is 0. The second-order valence-electron chi connectivity index (χ2n) is 3.82. The third kappa shape index (κ3) is 3.49. The highest BCUT2D eigenvalue weighted by Crippen LogP contribution is 2.23. The summed E-state index contributed by atoms with van der Waals surface area (Å²) in [4.78, 5) is 4.08. The molecule has 0 aliphatic heterocycles. The molecule has 0 fully saturated rings. The van der Waals surface area contributed by atoms with Gasteiger partial charge in [-0.15, -0.1) is 0 Å². The minimum atomic E-state index is 0.116. The summed E-state index contributed by atoms with van der Waals surface area (Å²) in [5.74, 6) is 0. The SMILES string of the molecule is NC(=S)NN=Cc1cnccc1-c1cccc(N)c1. The zero-order chi connectivity index (χ0) is 13.7. The molecule has 5 nitrogen and oxygen atoms in total. The third-order valence-electron chi connectivity index (χ3n) is 2.43. The van der Waals surface area contributed by atoms with Crippen LogP contribution in [0.5, 0.6) is 0 Å². The van der Waals surface area contributed by atoms with Crippen LogP contribution >= 0.6 is 12.2 Å². The molecule has 2 rings (SSSR count). The molecule has 19 heavy (non-hydrogen) atoms. The van der Waals surface area contributed by atoms with E-state index >= 15 is 0 Å². The van der Waals surface area contributed by atoms with Crippen LogP contribution in [0.1, 0.15) is 5.56 Å². The molecule has 0 aliphatic rings. The Hall–Kier alpha value is -2.47. The van der Waals surface area contributed by atoms with E-state index in [1.165, 1.54) is 0 Å². The molecule has 0 radical (unpaired) electrons. The number of hydrogen-bond donors (Lipinski definition) is 3. The molecule has 0 spiro atoms. The minimum absolute atomic E-state index is 0.116. The number of hydrazone groups is 1. The molecule has 5 N–H and O–H groups in total. The highest BCUT2D eigenvalue weighted by atomic mass is 32.1. The number of thiocarbonyl (C=S) groups is 1. The second kappa shape index (κ2) is 5.92. The highest BCUT2D eigenvalue weighted by molar-refractivity contribution is 7.80. The van der Waals surface area contributed by atoms with Crippen molar-refractivity contribution < 1.29 is 0 Å². The van der Waals surface area contributed by atoms with Crippen molar-refractivity contribution in [2.75, 3.05) is 5.73 Å². The van der Waals surface area contributed by atoms with Crippen LogP contribution < -0.4 is 16.9 Å². The third-order valence-corrected chi connectivity index (χ3v) is 2.52. The highest BCUT2D eigenvalue weighted by Gasteiger charge is 2.03. The van der Waals surface area contributed by atoms with E-state index < -0.39 is 0 Å². The van der Waals surface area contributed by atoms with E-state index in [0.29, 0.717) is 5.69 Å². The van der Waals surface area contributed by atoms with Gasteiger partial charge in [-0.1, -0.05) is 12.1 Å². The predicted molar refractivity (Wildman–Crippen MR) is 81.6 cm³/mol. The fourth-order valence-corrected chi connectivity index (χ4v) is 1.70. The summed E-state index contributed by atoms with van der Waals surface area (Å²) in [5.41, 5.74) is 17.1. The van der Waals surface area contributed by atoms with Crippen LogP contribution in [0.4, 0.5) is 5.69 Å². The van der Waals surface area contributed by atoms with Gasteiger partial charge in [0.05, 0.1) is 6.21 Å². The van der Waals surface area contributed by atoms with Crippen molar-refractivity contribution in [3.8, 4) is 11.1 Å². The van der Waals surface area contributed by atoms with E-state index in [9.17, 15) is 0 Å². The first kappa shape index (κ1) is 13.0. The van der Waals surface area contributed by atoms with Crippen LogP contribution in [0, 0.1) is 0 Å². The Bertz CT molecular complexity index is 624. The van der Waals surface area contributed by atoms with E-state index in [1.807, 2.05) is 30.3 Å². The lowest BCUT2D eigenvalue weighted by atomic mass is 10.0. The molecule has 0 amide bonds. The van der Waals surface area contributed by atoms with Gasteiger partial charge in [0.25, 0.3) is 0 Å². The lowest BCUT2D eigenvalue weighted by Crippen LogP contribution is -2.24. The predicted octanol–water partition coefficient (Wildman–Crippen LogP) is 1.50. The number of pyridine rings is 1. The van der Waals surface area contributed by atoms with Gasteiger partial charge in [0, 0.05) is 23.6 Å². The van der Waals surface area contributed by atoms with Crippen LogP contribution in [0.15, 0.2) is 47.8 Å². The summed E-state index contributed by atoms with van der Waals surface area (Å²) in [6.07, 6.45) is 5.05. The smallest absolute Gasteiger partial charge is 0.184 e. The van der Waals surface area contributed by atoms with Crippen LogP contribution in [0.3, 0.4) is 0 Å². The summed E-state index contributed by atoms with van der Waals surface area (Å²) in [6, 6.07) is 9.51. The van der Waals surface area contributed by atoms with E-state index in [2.05, 4.69) is 27.7 Å². The van der Waals surface area contributed by atoms with E-state index in [-0.39, 0.29) is 5.11 Å². The molecule has 1 aromatic heterocycles. The Morgan fingerprint density at radius 3 is 2.95 bits per heavy atom. The topological polar surface area (TPSA) is 89.3 Å². The fourth-order valence-electron chi connectivity index (χ4n) is 1.64. The van der Waals surface area contributed by atoms with Crippen LogP contribution in [-0.2, 0) is 0 Å². The van der Waals surface area contributed by atoms with Crippen molar-refractivity contribution in [3.05, 3.63) is 48.3 Å². The van der Waals surface area contributed by atoms with Gasteiger partial charge in [0.2, 0.25) is 0 Å². The van der Waals surface area contributed by atoms with Crippen LogP contribution in [0.25, 0.3) is 11.1 Å². The largest absolute Gasteiger partial charge is 0.399 e. The Morgan fingerprint density at radius 2 is 2.21 bits per heavy atom. The molecule has 2 aromatic rings. The fraction of sp³-hybridized carbons (Fsp3) is 0. The number of anilines is 1. The molecule has 0 saturated carbocycles. The Balaban J connectivity index is 2.36. The molecule has 0 atom stereocenters. The van der Waals surface area contributed by atoms with Crippen molar-refractivity contribution in [2.24, 2.45) is 10.8 Å². The molecule has 1 aromatic carbocycles. The van der Waals surface area contributed by atoms with Crippen LogP contribution in [0.2, 0.25) is 0 Å². The van der Waals surface area contributed by atoms with E-state index in [4.69, 9.17) is 11.5 Å². The van der Waals surface area contributed by atoms with Crippen molar-refractivity contribution in [1.29, 1.82) is 0 Å². The van der Waals surface area contributed by atoms with Crippen LogP contribution in [-0.4, -0.2) is 16.3 Å². The number of benzene rings is 1. The van der Waals surface area contributed by atoms with E-state index in [0.717, 1.165) is 16.7 Å². The zero-order valence-corrected chi connectivity index (χ0v) is 10.9. The first-order valence-corrected chi connectivity index (χ1v) is 5.96. The van der Waals surface area contributed by atoms with Gasteiger partial charge < -0.3 is 11.5 Å². The molecular formula is C13H13N5S. The number of nitrogens with one attached hydrogen (secondary N) is 1. The second-order valence-corrected chi connectivity index (χ2v) is 4.26. The Morgan fingerprint density at radius 1 is 1.37 bits per heavy atom. The molecule has 1 heterocycles. The first-order chi connectivity index (χ1) is 9.16. The Labute approximate surface area is 116 Å². The zero-order valence-electron chi connectivity index (χ0n) is 10.1. The summed E-state index contributed by atoms with van der Waals surface area (Å²) in [5, 5.41) is 4.05. The summed E-state index contributed by atoms with van der Waals surface area (Å²) < 4.78 is 0. The summed E-state index contributed by atoms with van der Waals surface area (Å²) in [7, 11) is 0. The molecular weight excluding hydrogens is 258 g/mol. The lowest BCUT2D eigenvalue weighted by molar-refractivity contribution is 1.04. The number of nitrogens with zero attached hydrogens (tertiary/aromatic N) is 2. The van der Waals surface area contributed by atoms with Crippen molar-refractivity contribution in [1.82, 2.24) is 10.4 Å². The average molecular weight is 271 g/mol. The maximum absolute atomic E-state index is 5.79. The molecule has 96 valence electrons. The monoisotopic (exact) mass is 271 g/mol. The van der Waals surface area contributed by atoms with Gasteiger partial charge in [0.1, 0.15) is 0 Å². The number of rotatable bonds is 3. The molecule has 0 saturated heterocycles. The van der Waals surface area contributed by atoms with E-state index in [1.54, 1.807) is 18.6 Å². The molecule has 0 aliphatic carbocycles. The maximum atomic E-state index is 5.79. The normalized spacial score (nSPS) is 10.5. The van der Waals surface area contributed by atoms with Crippen molar-refractivity contribution in [3.63, 3.8) is 0 Å². The molecule has 0 bridgehead atoms. The van der Waals surface area contributed by atoms with Gasteiger partial charge in [0.15, 0.2) is 5.11 Å². The van der Waals surface area contributed by atoms with Crippen molar-refractivity contribution in [2.45, 2.75) is 0 Å². The maximum Gasteiger partial charge on any atom is 0.184 e. The Kier molecular flexibility index (Phi) is 4.04. The molecule has 6 heteroatoms. The lowest BCUT2D eigenvalue weighted by Gasteiger charge is -2.06. The minimum Gasteiger partial charge on any atom is -0.399 e. The quantitative estimate of drug-likeness (QED) is 0.341.